The van der Waals surface area contributed by atoms with E-state index in [1.165, 1.54) is 6.39 Å². The molecule has 0 atom stereocenters. The summed E-state index contributed by atoms with van der Waals surface area (Å²) in [7, 11) is 0. The molecule has 7 nitrogen and oxygen atoms in total. The number of carboxylic acids is 1. The number of rotatable bonds is 5. The van der Waals surface area contributed by atoms with Crippen molar-refractivity contribution in [1.82, 2.24) is 15.0 Å². The number of anilines is 1. The van der Waals surface area contributed by atoms with Crippen molar-refractivity contribution in [2.45, 2.75) is 6.92 Å². The van der Waals surface area contributed by atoms with Gasteiger partial charge in [-0.05, 0) is 19.1 Å². The summed E-state index contributed by atoms with van der Waals surface area (Å²) in [5, 5.41) is 11.5. The van der Waals surface area contributed by atoms with Gasteiger partial charge in [0, 0.05) is 46.9 Å². The molecule has 3 aromatic heterocycles. The Morgan fingerprint density at radius 3 is 2.67 bits per heavy atom. The van der Waals surface area contributed by atoms with Gasteiger partial charge < -0.3 is 19.4 Å². The Labute approximate surface area is 193 Å². The highest BCUT2D eigenvalue weighted by molar-refractivity contribution is 7.19. The Morgan fingerprint density at radius 2 is 1.94 bits per heavy atom. The number of carboxylic acid groups (broad SMARTS) is 1. The van der Waals surface area contributed by atoms with Crippen molar-refractivity contribution in [3.8, 4) is 33.0 Å². The highest BCUT2D eigenvalue weighted by atomic mass is 32.1. The van der Waals surface area contributed by atoms with Crippen LogP contribution in [0.1, 0.15) is 6.92 Å². The maximum absolute atomic E-state index is 11.6. The first-order valence-electron chi connectivity index (χ1n) is 10.6. The Balaban J connectivity index is 1.45. The van der Waals surface area contributed by atoms with Gasteiger partial charge in [-0.3, -0.25) is 4.79 Å². The van der Waals surface area contributed by atoms with Crippen molar-refractivity contribution in [1.29, 1.82) is 0 Å². The quantitative estimate of drug-likeness (QED) is 0.361. The Morgan fingerprint density at radius 1 is 1.15 bits per heavy atom. The summed E-state index contributed by atoms with van der Waals surface area (Å²) >= 11 is 1.60. The number of nitrogens with one attached hydrogen (secondary N) is 1. The second kappa shape index (κ2) is 7.31. The van der Waals surface area contributed by atoms with E-state index in [1.807, 2.05) is 41.4 Å². The first-order chi connectivity index (χ1) is 16.0. The molecule has 4 heterocycles. The summed E-state index contributed by atoms with van der Waals surface area (Å²) in [6.45, 7) is 2.69. The van der Waals surface area contributed by atoms with E-state index in [0.29, 0.717) is 18.8 Å². The zero-order valence-corrected chi connectivity index (χ0v) is 18.6. The predicted molar refractivity (Wildman–Crippen MR) is 128 cm³/mol. The number of aromatic nitrogens is 3. The first-order valence-corrected chi connectivity index (χ1v) is 11.4. The zero-order chi connectivity index (χ0) is 22.6. The smallest absolute Gasteiger partial charge is 0.312 e. The van der Waals surface area contributed by atoms with Gasteiger partial charge in [-0.1, -0.05) is 47.7 Å². The molecule has 2 N–H and O–H groups in total. The summed E-state index contributed by atoms with van der Waals surface area (Å²) in [6, 6.07) is 16.4. The molecule has 1 aliphatic rings. The lowest BCUT2D eigenvalue weighted by Gasteiger charge is -2.44. The average Bonchev–Trinajstić information content (AvgIpc) is 3.57. The number of benzene rings is 2. The fraction of sp³-hybridized carbons (Fsp3) is 0.160. The lowest BCUT2D eigenvalue weighted by Crippen LogP contribution is -2.59. The van der Waals surface area contributed by atoms with Crippen molar-refractivity contribution >= 4 is 33.3 Å². The van der Waals surface area contributed by atoms with Crippen molar-refractivity contribution in [3.05, 3.63) is 67.3 Å². The molecule has 2 aromatic carbocycles. The van der Waals surface area contributed by atoms with E-state index >= 15 is 0 Å². The summed E-state index contributed by atoms with van der Waals surface area (Å²) in [4.78, 5) is 27.0. The maximum Gasteiger partial charge on any atom is 0.312 e. The van der Waals surface area contributed by atoms with Crippen LogP contribution in [-0.2, 0) is 4.79 Å². The van der Waals surface area contributed by atoms with Crippen LogP contribution >= 0.6 is 11.3 Å². The Hall–Kier alpha value is -3.91. The number of hydrogen-bond acceptors (Lipinski definition) is 6. The van der Waals surface area contributed by atoms with Gasteiger partial charge in [0.05, 0.1) is 22.2 Å². The van der Waals surface area contributed by atoms with Crippen LogP contribution in [0.2, 0.25) is 0 Å². The lowest BCUT2D eigenvalue weighted by molar-refractivity contribution is -0.149. The SMILES string of the molecule is CC1(C(=O)O)CN(c2nc(-c3ccc(-c4cnco4)cc3)c(-c3cccc4[nH]ccc34)s2)C1. The molecule has 33 heavy (non-hydrogen) atoms. The van der Waals surface area contributed by atoms with Crippen LogP contribution in [0, 0.1) is 5.41 Å². The molecule has 0 spiro atoms. The minimum atomic E-state index is -0.768. The van der Waals surface area contributed by atoms with Crippen LogP contribution < -0.4 is 4.90 Å². The van der Waals surface area contributed by atoms with E-state index in [-0.39, 0.29) is 0 Å². The molecule has 164 valence electrons. The molecular weight excluding hydrogens is 436 g/mol. The average molecular weight is 457 g/mol. The van der Waals surface area contributed by atoms with Gasteiger partial charge in [-0.15, -0.1) is 0 Å². The molecule has 1 aliphatic heterocycles. The number of nitrogens with zero attached hydrogens (tertiary/aromatic N) is 3. The molecule has 1 fully saturated rings. The molecule has 0 aliphatic carbocycles. The monoisotopic (exact) mass is 456 g/mol. The Kier molecular flexibility index (Phi) is 4.38. The van der Waals surface area contributed by atoms with Gasteiger partial charge in [0.15, 0.2) is 17.3 Å². The minimum Gasteiger partial charge on any atom is -0.481 e. The third-order valence-electron chi connectivity index (χ3n) is 6.20. The summed E-state index contributed by atoms with van der Waals surface area (Å²) in [5.74, 6) is -0.0535. The van der Waals surface area contributed by atoms with E-state index in [0.717, 1.165) is 43.3 Å². The van der Waals surface area contributed by atoms with Crippen molar-refractivity contribution in [2.75, 3.05) is 18.0 Å². The maximum atomic E-state index is 11.6. The lowest BCUT2D eigenvalue weighted by atomic mass is 9.82. The summed E-state index contributed by atoms with van der Waals surface area (Å²) < 4.78 is 5.41. The molecule has 8 heteroatoms. The fourth-order valence-corrected chi connectivity index (χ4v) is 5.45. The zero-order valence-electron chi connectivity index (χ0n) is 17.8. The molecule has 5 aromatic rings. The highest BCUT2D eigenvalue weighted by Crippen LogP contribution is 2.45. The standard InChI is InChI=1S/C25H20N4O3S/c1-25(23(30)31)12-29(13-25)24-28-21(16-7-5-15(6-8-16)20-11-26-14-32-20)22(33-24)18-3-2-4-19-17(18)9-10-27-19/h2-11,14,27H,12-13H2,1H3,(H,30,31). The third kappa shape index (κ3) is 3.22. The molecule has 0 bridgehead atoms. The number of carbonyl (C=O) groups is 1. The normalized spacial score (nSPS) is 15.0. The van der Waals surface area contributed by atoms with Crippen LogP contribution in [0.5, 0.6) is 0 Å². The van der Waals surface area contributed by atoms with E-state index < -0.39 is 11.4 Å². The van der Waals surface area contributed by atoms with E-state index in [2.05, 4.69) is 28.2 Å². The minimum absolute atomic E-state index is 0.452. The van der Waals surface area contributed by atoms with Crippen LogP contribution in [0.15, 0.2) is 71.7 Å². The molecule has 1 saturated heterocycles. The number of hydrogen-bond donors (Lipinski definition) is 2. The topological polar surface area (TPSA) is 95.2 Å². The van der Waals surface area contributed by atoms with Gasteiger partial charge in [0.1, 0.15) is 0 Å². The van der Waals surface area contributed by atoms with Crippen molar-refractivity contribution < 1.29 is 14.3 Å². The molecular formula is C25H20N4O3S. The van der Waals surface area contributed by atoms with Crippen LogP contribution in [0.25, 0.3) is 43.9 Å². The van der Waals surface area contributed by atoms with Gasteiger partial charge in [0.25, 0.3) is 0 Å². The van der Waals surface area contributed by atoms with Gasteiger partial charge >= 0.3 is 5.97 Å². The molecule has 6 rings (SSSR count). The summed E-state index contributed by atoms with van der Waals surface area (Å²) in [5.41, 5.74) is 4.26. The molecule has 0 saturated carbocycles. The molecule has 0 unspecified atom stereocenters. The van der Waals surface area contributed by atoms with Crippen LogP contribution in [-0.4, -0.2) is 39.1 Å². The third-order valence-corrected chi connectivity index (χ3v) is 7.35. The Bertz CT molecular complexity index is 1460. The number of fused-ring (bicyclic) bond motifs is 1. The number of aromatic amines is 1. The van der Waals surface area contributed by atoms with Crippen molar-refractivity contribution in [2.24, 2.45) is 5.41 Å². The fourth-order valence-electron chi connectivity index (χ4n) is 4.32. The number of oxazole rings is 1. The van der Waals surface area contributed by atoms with Crippen molar-refractivity contribution in [3.63, 3.8) is 0 Å². The van der Waals surface area contributed by atoms with Crippen LogP contribution in [0.4, 0.5) is 5.13 Å². The molecule has 0 amide bonds. The number of aliphatic carboxylic acids is 1. The second-order valence-corrected chi connectivity index (χ2v) is 9.56. The van der Waals surface area contributed by atoms with Gasteiger partial charge in [-0.2, -0.15) is 0 Å². The van der Waals surface area contributed by atoms with E-state index in [4.69, 9.17) is 9.40 Å². The number of thiazole rings is 1. The number of H-pyrrole nitrogens is 1. The largest absolute Gasteiger partial charge is 0.481 e. The van der Waals surface area contributed by atoms with E-state index in [9.17, 15) is 9.90 Å². The molecule has 0 radical (unpaired) electrons. The first kappa shape index (κ1) is 19.8. The van der Waals surface area contributed by atoms with E-state index in [1.54, 1.807) is 24.5 Å². The predicted octanol–water partition coefficient (Wildman–Crippen LogP) is 5.52. The van der Waals surface area contributed by atoms with Gasteiger partial charge in [-0.25, -0.2) is 9.97 Å². The summed E-state index contributed by atoms with van der Waals surface area (Å²) in [6.07, 6.45) is 5.05. The highest BCUT2D eigenvalue weighted by Gasteiger charge is 2.46. The van der Waals surface area contributed by atoms with Gasteiger partial charge in [0.2, 0.25) is 0 Å². The second-order valence-electron chi connectivity index (χ2n) is 8.58. The van der Waals surface area contributed by atoms with Crippen LogP contribution in [0.3, 0.4) is 0 Å².